The minimum atomic E-state index is -1.72. The molecule has 0 saturated carbocycles. The van der Waals surface area contributed by atoms with Gasteiger partial charge in [-0.2, -0.15) is 0 Å². The molecule has 2 unspecified atom stereocenters. The summed E-state index contributed by atoms with van der Waals surface area (Å²) in [6.45, 7) is 20.6. The van der Waals surface area contributed by atoms with Crippen LogP contribution in [0.25, 0.3) is 0 Å². The second kappa shape index (κ2) is 7.10. The van der Waals surface area contributed by atoms with Gasteiger partial charge in [0, 0.05) is 3.92 Å². The Morgan fingerprint density at radius 3 is 1.89 bits per heavy atom. The van der Waals surface area contributed by atoms with Crippen LogP contribution in [0.15, 0.2) is 0 Å². The Bertz CT molecular complexity index is 340. The van der Waals surface area contributed by atoms with Crippen LogP contribution in [0.3, 0.4) is 0 Å². The quantitative estimate of drug-likeness (QED) is 0.258. The molecule has 0 aliphatic carbocycles. The fourth-order valence-electron chi connectivity index (χ4n) is 1.26. The standard InChI is InChI=1S/C15H31IOSi2/c1-13(16)12-14(10-11-18(5,6)7)17-19(8,9)15(2,3)4/h13-14H,12H2,1-9H3. The summed E-state index contributed by atoms with van der Waals surface area (Å²) in [5.74, 6) is 3.44. The summed E-state index contributed by atoms with van der Waals surface area (Å²) >= 11 is 2.47. The molecule has 112 valence electrons. The molecule has 0 N–H and O–H groups in total. The fraction of sp³-hybridized carbons (Fsp3) is 0.867. The second-order valence-electron chi connectivity index (χ2n) is 7.90. The van der Waals surface area contributed by atoms with Gasteiger partial charge >= 0.3 is 0 Å². The first-order chi connectivity index (χ1) is 8.24. The van der Waals surface area contributed by atoms with Gasteiger partial charge in [0.2, 0.25) is 0 Å². The molecule has 0 aliphatic rings. The summed E-state index contributed by atoms with van der Waals surface area (Å²) in [7, 11) is -3.04. The van der Waals surface area contributed by atoms with Crippen molar-refractivity contribution in [1.82, 2.24) is 0 Å². The van der Waals surface area contributed by atoms with Gasteiger partial charge in [0.1, 0.15) is 14.2 Å². The predicted molar refractivity (Wildman–Crippen MR) is 101 cm³/mol. The Labute approximate surface area is 136 Å². The molecule has 19 heavy (non-hydrogen) atoms. The van der Waals surface area contributed by atoms with E-state index in [-0.39, 0.29) is 11.1 Å². The minimum Gasteiger partial charge on any atom is -0.403 e. The van der Waals surface area contributed by atoms with Crippen molar-refractivity contribution >= 4 is 39.0 Å². The number of rotatable bonds is 4. The smallest absolute Gasteiger partial charge is 0.193 e. The molecule has 0 saturated heterocycles. The molecule has 0 aromatic heterocycles. The highest BCUT2D eigenvalue weighted by molar-refractivity contribution is 14.1. The topological polar surface area (TPSA) is 9.23 Å². The Balaban J connectivity index is 5.02. The first-order valence-electron chi connectivity index (χ1n) is 7.09. The number of hydrogen-bond donors (Lipinski definition) is 0. The van der Waals surface area contributed by atoms with E-state index in [4.69, 9.17) is 4.43 Å². The monoisotopic (exact) mass is 410 g/mol. The third-order valence-corrected chi connectivity index (χ3v) is 9.28. The van der Waals surface area contributed by atoms with E-state index in [9.17, 15) is 0 Å². The molecule has 2 atom stereocenters. The van der Waals surface area contributed by atoms with E-state index in [1.807, 2.05) is 0 Å². The van der Waals surface area contributed by atoms with E-state index in [1.54, 1.807) is 0 Å². The maximum Gasteiger partial charge on any atom is 0.193 e. The molecule has 4 heteroatoms. The van der Waals surface area contributed by atoms with Crippen molar-refractivity contribution in [1.29, 1.82) is 0 Å². The van der Waals surface area contributed by atoms with E-state index in [2.05, 4.69) is 94.5 Å². The zero-order valence-electron chi connectivity index (χ0n) is 14.1. The Hall–Kier alpha value is 0.684. The molecule has 0 radical (unpaired) electrons. The van der Waals surface area contributed by atoms with Crippen molar-refractivity contribution in [2.75, 3.05) is 0 Å². The van der Waals surface area contributed by atoms with Crippen LogP contribution in [0.4, 0.5) is 0 Å². The zero-order valence-corrected chi connectivity index (χ0v) is 18.3. The lowest BCUT2D eigenvalue weighted by atomic mass is 10.2. The summed E-state index contributed by atoms with van der Waals surface area (Å²) < 4.78 is 7.09. The Morgan fingerprint density at radius 1 is 1.11 bits per heavy atom. The lowest BCUT2D eigenvalue weighted by Gasteiger charge is -2.38. The molecule has 0 spiro atoms. The summed E-state index contributed by atoms with van der Waals surface area (Å²) in [5, 5.41) is 0.251. The summed E-state index contributed by atoms with van der Waals surface area (Å²) in [6.07, 6.45) is 1.14. The number of alkyl halides is 1. The minimum absolute atomic E-state index is 0.111. The van der Waals surface area contributed by atoms with E-state index in [0.29, 0.717) is 3.92 Å². The molecule has 0 aliphatic heterocycles. The molecule has 0 fully saturated rings. The first kappa shape index (κ1) is 19.7. The first-order valence-corrected chi connectivity index (χ1v) is 14.7. The summed E-state index contributed by atoms with van der Waals surface area (Å²) in [6, 6.07) is 0. The van der Waals surface area contributed by atoms with Gasteiger partial charge in [-0.1, -0.05) is 75.8 Å². The van der Waals surface area contributed by atoms with Crippen LogP contribution in [-0.4, -0.2) is 26.4 Å². The average Bonchev–Trinajstić information content (AvgIpc) is 2.09. The van der Waals surface area contributed by atoms with E-state index >= 15 is 0 Å². The summed E-state index contributed by atoms with van der Waals surface area (Å²) in [4.78, 5) is 0. The molecule has 0 bridgehead atoms. The molecule has 0 aromatic rings. The van der Waals surface area contributed by atoms with Gasteiger partial charge < -0.3 is 4.43 Å². The lowest BCUT2D eigenvalue weighted by molar-refractivity contribution is 0.225. The van der Waals surface area contributed by atoms with Crippen molar-refractivity contribution < 1.29 is 4.43 Å². The van der Waals surface area contributed by atoms with Gasteiger partial charge in [-0.05, 0) is 24.6 Å². The SMILES string of the molecule is CC(I)CC(C#C[Si](C)(C)C)O[Si](C)(C)C(C)(C)C. The van der Waals surface area contributed by atoms with Crippen molar-refractivity contribution in [2.24, 2.45) is 0 Å². The van der Waals surface area contributed by atoms with Crippen LogP contribution in [0, 0.1) is 11.5 Å². The van der Waals surface area contributed by atoms with Gasteiger partial charge in [0.25, 0.3) is 0 Å². The van der Waals surface area contributed by atoms with E-state index < -0.39 is 16.4 Å². The van der Waals surface area contributed by atoms with E-state index in [1.165, 1.54) is 0 Å². The number of hydrogen-bond acceptors (Lipinski definition) is 1. The zero-order chi connectivity index (χ0) is 15.5. The molecule has 0 amide bonds. The van der Waals surface area contributed by atoms with Gasteiger partial charge in [-0.25, -0.2) is 0 Å². The molecule has 0 heterocycles. The highest BCUT2D eigenvalue weighted by Gasteiger charge is 2.39. The van der Waals surface area contributed by atoms with Crippen LogP contribution in [0.2, 0.25) is 37.8 Å². The Kier molecular flexibility index (Phi) is 7.36. The number of halogens is 1. The Morgan fingerprint density at radius 2 is 1.58 bits per heavy atom. The molecular weight excluding hydrogens is 379 g/mol. The van der Waals surface area contributed by atoms with Crippen molar-refractivity contribution in [3.8, 4) is 11.5 Å². The third kappa shape index (κ3) is 8.54. The maximum absolute atomic E-state index is 6.49. The van der Waals surface area contributed by atoms with Crippen LogP contribution < -0.4 is 0 Å². The maximum atomic E-state index is 6.49. The second-order valence-corrected chi connectivity index (χ2v) is 19.5. The van der Waals surface area contributed by atoms with Gasteiger partial charge in [0.05, 0.1) is 0 Å². The highest BCUT2D eigenvalue weighted by atomic mass is 127. The molecule has 1 nitrogen and oxygen atoms in total. The lowest BCUT2D eigenvalue weighted by Crippen LogP contribution is -2.44. The largest absolute Gasteiger partial charge is 0.403 e. The highest BCUT2D eigenvalue weighted by Crippen LogP contribution is 2.37. The third-order valence-electron chi connectivity index (χ3n) is 3.39. The average molecular weight is 410 g/mol. The van der Waals surface area contributed by atoms with Crippen molar-refractivity contribution in [2.45, 2.75) is 81.9 Å². The van der Waals surface area contributed by atoms with Crippen LogP contribution in [0.1, 0.15) is 34.1 Å². The van der Waals surface area contributed by atoms with Gasteiger partial charge in [-0.3, -0.25) is 0 Å². The van der Waals surface area contributed by atoms with Crippen LogP contribution in [0.5, 0.6) is 0 Å². The summed E-state index contributed by atoms with van der Waals surface area (Å²) in [5.41, 5.74) is 3.48. The molecular formula is C15H31IOSi2. The van der Waals surface area contributed by atoms with Crippen molar-refractivity contribution in [3.05, 3.63) is 0 Å². The molecule has 0 rings (SSSR count). The predicted octanol–water partition coefficient (Wildman–Crippen LogP) is 5.47. The molecule has 0 aromatic carbocycles. The van der Waals surface area contributed by atoms with Crippen LogP contribution in [-0.2, 0) is 4.43 Å². The van der Waals surface area contributed by atoms with Crippen LogP contribution >= 0.6 is 22.6 Å². The van der Waals surface area contributed by atoms with Gasteiger partial charge in [-0.15, -0.1) is 5.54 Å². The van der Waals surface area contributed by atoms with E-state index in [0.717, 1.165) is 6.42 Å². The van der Waals surface area contributed by atoms with Gasteiger partial charge in [0.15, 0.2) is 8.32 Å². The fourth-order valence-corrected chi connectivity index (χ4v) is 3.54. The normalized spacial score (nSPS) is 16.5. The van der Waals surface area contributed by atoms with Crippen molar-refractivity contribution in [3.63, 3.8) is 0 Å².